The maximum Gasteiger partial charge on any atom is 0.126 e. The standard InChI is InChI=1S/C5H12O2Si/c1-6-3-5(4-8)7-2/h3H,4H2,1-2,8H3. The quantitative estimate of drug-likeness (QED) is 0.394. The minimum atomic E-state index is 0.930. The number of methoxy groups -OCH3 is 2. The highest BCUT2D eigenvalue weighted by atomic mass is 28.1. The Labute approximate surface area is 52.9 Å². The summed E-state index contributed by atoms with van der Waals surface area (Å²) in [5.74, 6) is 0.930. The molecule has 0 radical (unpaired) electrons. The van der Waals surface area contributed by atoms with E-state index in [0.717, 1.165) is 22.0 Å². The Morgan fingerprint density at radius 2 is 2.25 bits per heavy atom. The van der Waals surface area contributed by atoms with Crippen LogP contribution in [0.4, 0.5) is 0 Å². The normalized spacial score (nSPS) is 11.5. The molecule has 2 nitrogen and oxygen atoms in total. The van der Waals surface area contributed by atoms with Crippen molar-refractivity contribution in [3.63, 3.8) is 0 Å². The second-order valence-corrected chi connectivity index (χ2v) is 2.08. The molecule has 0 atom stereocenters. The van der Waals surface area contributed by atoms with Gasteiger partial charge in [0.1, 0.15) is 12.0 Å². The van der Waals surface area contributed by atoms with Crippen LogP contribution in [0, 0.1) is 0 Å². The van der Waals surface area contributed by atoms with Gasteiger partial charge in [0.15, 0.2) is 0 Å². The Hall–Kier alpha value is -0.443. The first-order valence-electron chi connectivity index (χ1n) is 2.61. The average Bonchev–Trinajstić information content (AvgIpc) is 1.83. The van der Waals surface area contributed by atoms with Crippen molar-refractivity contribution in [2.75, 3.05) is 14.2 Å². The number of hydrogen-bond donors (Lipinski definition) is 0. The van der Waals surface area contributed by atoms with E-state index in [9.17, 15) is 0 Å². The monoisotopic (exact) mass is 132 g/mol. The second-order valence-electron chi connectivity index (χ2n) is 1.38. The summed E-state index contributed by atoms with van der Waals surface area (Å²) in [7, 11) is 4.40. The van der Waals surface area contributed by atoms with Crippen LogP contribution in [0.3, 0.4) is 0 Å². The molecule has 0 amide bonds. The fraction of sp³-hybridized carbons (Fsp3) is 0.600. The second kappa shape index (κ2) is 4.71. The van der Waals surface area contributed by atoms with E-state index in [1.807, 2.05) is 0 Å². The summed E-state index contributed by atoms with van der Waals surface area (Å²) in [6.45, 7) is 0. The van der Waals surface area contributed by atoms with Crippen LogP contribution in [0.1, 0.15) is 0 Å². The molecule has 0 saturated carbocycles. The third-order valence-electron chi connectivity index (χ3n) is 0.860. The molecule has 0 aromatic carbocycles. The van der Waals surface area contributed by atoms with Gasteiger partial charge in [-0.25, -0.2) is 0 Å². The first kappa shape index (κ1) is 7.56. The molecule has 0 heterocycles. The van der Waals surface area contributed by atoms with Crippen molar-refractivity contribution < 1.29 is 9.47 Å². The molecule has 0 aromatic rings. The minimum Gasteiger partial charge on any atom is -0.501 e. The van der Waals surface area contributed by atoms with Crippen LogP contribution in [0.15, 0.2) is 12.0 Å². The Morgan fingerprint density at radius 1 is 1.62 bits per heavy atom. The van der Waals surface area contributed by atoms with E-state index in [1.54, 1.807) is 20.5 Å². The fourth-order valence-corrected chi connectivity index (χ4v) is 0.863. The lowest BCUT2D eigenvalue weighted by atomic mass is 10.6. The average molecular weight is 132 g/mol. The lowest BCUT2D eigenvalue weighted by Crippen LogP contribution is -1.85. The molecular weight excluding hydrogens is 120 g/mol. The molecule has 0 aliphatic heterocycles. The van der Waals surface area contributed by atoms with Crippen LogP contribution in [0.5, 0.6) is 0 Å². The van der Waals surface area contributed by atoms with Crippen molar-refractivity contribution in [1.82, 2.24) is 0 Å². The zero-order chi connectivity index (χ0) is 6.41. The Kier molecular flexibility index (Phi) is 4.45. The van der Waals surface area contributed by atoms with E-state index in [2.05, 4.69) is 0 Å². The largest absolute Gasteiger partial charge is 0.501 e. The van der Waals surface area contributed by atoms with Crippen LogP contribution >= 0.6 is 0 Å². The number of ether oxygens (including phenoxy) is 2. The number of rotatable bonds is 3. The molecule has 0 spiro atoms. The van der Waals surface area contributed by atoms with Gasteiger partial charge in [0.25, 0.3) is 0 Å². The highest BCUT2D eigenvalue weighted by Crippen LogP contribution is 1.97. The van der Waals surface area contributed by atoms with E-state index < -0.39 is 0 Å². The SMILES string of the molecule is COC=C(C[SiH3])OC. The van der Waals surface area contributed by atoms with Gasteiger partial charge in [0, 0.05) is 10.2 Å². The zero-order valence-electron chi connectivity index (χ0n) is 5.60. The third-order valence-corrected chi connectivity index (χ3v) is 1.56. The van der Waals surface area contributed by atoms with Crippen LogP contribution in [0.2, 0.25) is 6.04 Å². The first-order chi connectivity index (χ1) is 3.85. The van der Waals surface area contributed by atoms with Crippen molar-refractivity contribution in [1.29, 1.82) is 0 Å². The first-order valence-corrected chi connectivity index (χ1v) is 4.02. The topological polar surface area (TPSA) is 18.5 Å². The molecule has 0 rings (SSSR count). The van der Waals surface area contributed by atoms with Gasteiger partial charge in [-0.2, -0.15) is 0 Å². The maximum atomic E-state index is 4.91. The van der Waals surface area contributed by atoms with E-state index in [-0.39, 0.29) is 0 Å². The lowest BCUT2D eigenvalue weighted by Gasteiger charge is -1.99. The molecule has 0 unspecified atom stereocenters. The third kappa shape index (κ3) is 2.68. The molecule has 3 heteroatoms. The van der Waals surface area contributed by atoms with Crippen molar-refractivity contribution in [3.05, 3.63) is 12.0 Å². The van der Waals surface area contributed by atoms with Gasteiger partial charge >= 0.3 is 0 Å². The molecule has 0 N–H and O–H groups in total. The highest BCUT2D eigenvalue weighted by Gasteiger charge is 1.86. The molecule has 0 fully saturated rings. The summed E-state index contributed by atoms with van der Waals surface area (Å²) < 4.78 is 9.63. The van der Waals surface area contributed by atoms with Gasteiger partial charge in [-0.3, -0.25) is 0 Å². The summed E-state index contributed by atoms with van der Waals surface area (Å²) in [6.07, 6.45) is 1.63. The molecule has 0 aliphatic rings. The molecule has 0 aromatic heterocycles. The summed E-state index contributed by atoms with van der Waals surface area (Å²) in [5.41, 5.74) is 0. The number of allylic oxidation sites excluding steroid dienone is 1. The Morgan fingerprint density at radius 3 is 2.38 bits per heavy atom. The Balaban J connectivity index is 3.49. The minimum absolute atomic E-state index is 0.930. The highest BCUT2D eigenvalue weighted by molar-refractivity contribution is 6.09. The molecular formula is C5H12O2Si. The van der Waals surface area contributed by atoms with E-state index in [1.165, 1.54) is 0 Å². The summed E-state index contributed by atoms with van der Waals surface area (Å²) >= 11 is 0. The van der Waals surface area contributed by atoms with E-state index >= 15 is 0 Å². The van der Waals surface area contributed by atoms with Gasteiger partial charge in [0.2, 0.25) is 0 Å². The fourth-order valence-electron chi connectivity index (χ4n) is 0.407. The summed E-state index contributed by atoms with van der Waals surface area (Å²) in [6, 6.07) is 1.02. The van der Waals surface area contributed by atoms with Crippen molar-refractivity contribution in [3.8, 4) is 0 Å². The summed E-state index contributed by atoms with van der Waals surface area (Å²) in [4.78, 5) is 0. The van der Waals surface area contributed by atoms with Gasteiger partial charge in [-0.05, 0) is 6.04 Å². The summed E-state index contributed by atoms with van der Waals surface area (Å²) in [5, 5.41) is 0. The molecule has 48 valence electrons. The molecule has 0 bridgehead atoms. The van der Waals surface area contributed by atoms with Gasteiger partial charge in [0.05, 0.1) is 14.2 Å². The van der Waals surface area contributed by atoms with Crippen LogP contribution in [-0.4, -0.2) is 24.5 Å². The van der Waals surface area contributed by atoms with E-state index in [4.69, 9.17) is 9.47 Å². The smallest absolute Gasteiger partial charge is 0.126 e. The predicted molar refractivity (Wildman–Crippen MR) is 36.8 cm³/mol. The van der Waals surface area contributed by atoms with Gasteiger partial charge < -0.3 is 9.47 Å². The van der Waals surface area contributed by atoms with Crippen molar-refractivity contribution in [2.45, 2.75) is 6.04 Å². The lowest BCUT2D eigenvalue weighted by molar-refractivity contribution is 0.251. The van der Waals surface area contributed by atoms with Crippen molar-refractivity contribution in [2.24, 2.45) is 0 Å². The zero-order valence-corrected chi connectivity index (χ0v) is 7.60. The maximum absolute atomic E-state index is 4.91. The van der Waals surface area contributed by atoms with Crippen LogP contribution in [-0.2, 0) is 9.47 Å². The molecule has 8 heavy (non-hydrogen) atoms. The van der Waals surface area contributed by atoms with Crippen LogP contribution in [0.25, 0.3) is 0 Å². The predicted octanol–water partition coefficient (Wildman–Crippen LogP) is -0.0957. The number of hydrogen-bond acceptors (Lipinski definition) is 2. The van der Waals surface area contributed by atoms with Crippen molar-refractivity contribution >= 4 is 10.2 Å². The van der Waals surface area contributed by atoms with Gasteiger partial charge in [-0.1, -0.05) is 0 Å². The van der Waals surface area contributed by atoms with Crippen LogP contribution < -0.4 is 0 Å². The molecule has 0 saturated heterocycles. The molecule has 0 aliphatic carbocycles. The van der Waals surface area contributed by atoms with Gasteiger partial charge in [-0.15, -0.1) is 0 Å². The Bertz CT molecular complexity index is 74.5. The van der Waals surface area contributed by atoms with E-state index in [0.29, 0.717) is 0 Å².